The Morgan fingerprint density at radius 3 is 2.29 bits per heavy atom. The molecule has 0 spiro atoms. The van der Waals surface area contributed by atoms with Gasteiger partial charge in [-0.2, -0.15) is 13.2 Å². The molecular formula is C24H22F3NO3. The van der Waals surface area contributed by atoms with Crippen LogP contribution in [-0.2, 0) is 15.8 Å². The van der Waals surface area contributed by atoms with E-state index in [1.165, 1.54) is 30.3 Å². The number of nitrogens with zero attached hydrogens (tertiary/aromatic N) is 1. The van der Waals surface area contributed by atoms with E-state index in [1.54, 1.807) is 12.1 Å². The van der Waals surface area contributed by atoms with Crippen LogP contribution in [0.1, 0.15) is 50.2 Å². The number of benzene rings is 2. The number of halogens is 3. The number of phenols is 1. The van der Waals surface area contributed by atoms with Crippen LogP contribution < -0.4 is 4.90 Å². The number of carbonyl (C=O) groups is 2. The molecule has 2 aromatic rings. The van der Waals surface area contributed by atoms with E-state index in [0.29, 0.717) is 23.3 Å². The molecule has 0 bridgehead atoms. The van der Waals surface area contributed by atoms with Gasteiger partial charge < -0.3 is 5.11 Å². The molecule has 0 saturated carbocycles. The number of carbonyl (C=O) groups excluding carboxylic acids is 2. The van der Waals surface area contributed by atoms with E-state index in [9.17, 15) is 27.9 Å². The van der Waals surface area contributed by atoms with Crippen molar-refractivity contribution in [2.24, 2.45) is 5.41 Å². The van der Waals surface area contributed by atoms with Crippen molar-refractivity contribution in [2.75, 3.05) is 4.90 Å². The lowest BCUT2D eigenvalue weighted by molar-refractivity contribution is -0.137. The molecule has 4 nitrogen and oxygen atoms in total. The summed E-state index contributed by atoms with van der Waals surface area (Å²) in [6, 6.07) is 11.2. The summed E-state index contributed by atoms with van der Waals surface area (Å²) >= 11 is 0. The number of rotatable bonds is 2. The van der Waals surface area contributed by atoms with Gasteiger partial charge in [0.1, 0.15) is 5.75 Å². The maximum Gasteiger partial charge on any atom is 0.418 e. The van der Waals surface area contributed by atoms with Crippen LogP contribution in [-0.4, -0.2) is 16.8 Å². The fourth-order valence-electron chi connectivity index (χ4n) is 4.59. The van der Waals surface area contributed by atoms with Crippen LogP contribution in [0.25, 0.3) is 0 Å². The molecule has 1 atom stereocenters. The van der Waals surface area contributed by atoms with Crippen molar-refractivity contribution in [3.05, 3.63) is 70.9 Å². The van der Waals surface area contributed by atoms with Crippen molar-refractivity contribution in [1.82, 2.24) is 0 Å². The fraction of sp³-hybridized carbons (Fsp3) is 0.333. The van der Waals surface area contributed by atoms with Crippen molar-refractivity contribution in [3.8, 4) is 5.75 Å². The molecule has 162 valence electrons. The van der Waals surface area contributed by atoms with E-state index in [-0.39, 0.29) is 30.1 Å². The monoisotopic (exact) mass is 429 g/mol. The number of allylic oxidation sites excluding steroid dienone is 2. The normalized spacial score (nSPS) is 21.3. The molecule has 7 heteroatoms. The number of amides is 1. The molecule has 1 N–H and O–H groups in total. The van der Waals surface area contributed by atoms with Gasteiger partial charge in [0, 0.05) is 30.0 Å². The Hall–Kier alpha value is -3.09. The van der Waals surface area contributed by atoms with Gasteiger partial charge in [0.2, 0.25) is 5.91 Å². The molecule has 31 heavy (non-hydrogen) atoms. The third-order valence-corrected chi connectivity index (χ3v) is 5.89. The summed E-state index contributed by atoms with van der Waals surface area (Å²) in [7, 11) is 0. The number of ketones is 1. The van der Waals surface area contributed by atoms with Gasteiger partial charge in [-0.1, -0.05) is 38.1 Å². The molecule has 1 unspecified atom stereocenters. The molecule has 2 aliphatic rings. The second kappa shape index (κ2) is 7.25. The molecular weight excluding hydrogens is 407 g/mol. The predicted molar refractivity (Wildman–Crippen MR) is 109 cm³/mol. The number of phenolic OH excluding ortho intramolecular Hbond substituents is 1. The summed E-state index contributed by atoms with van der Waals surface area (Å²) in [6.45, 7) is 3.74. The summed E-state index contributed by atoms with van der Waals surface area (Å²) in [5, 5.41) is 9.60. The number of alkyl halides is 3. The molecule has 0 aromatic heterocycles. The highest BCUT2D eigenvalue weighted by Gasteiger charge is 2.46. The Bertz CT molecular complexity index is 1080. The SMILES string of the molecule is CC1(C)CC(=O)C2=C(C1)N(c1ccccc1C(F)(F)F)C(=O)CC2c1ccc(O)cc1. The van der Waals surface area contributed by atoms with Crippen molar-refractivity contribution in [1.29, 1.82) is 0 Å². The van der Waals surface area contributed by atoms with Crippen LogP contribution in [0, 0.1) is 5.41 Å². The van der Waals surface area contributed by atoms with Gasteiger partial charge in [-0.05, 0) is 41.7 Å². The number of aromatic hydroxyl groups is 1. The number of anilines is 1. The van der Waals surface area contributed by atoms with Crippen LogP contribution in [0.2, 0.25) is 0 Å². The first-order valence-electron chi connectivity index (χ1n) is 10.0. The first kappa shape index (κ1) is 21.2. The Balaban J connectivity index is 1.94. The van der Waals surface area contributed by atoms with Gasteiger partial charge in [0.25, 0.3) is 0 Å². The molecule has 2 aromatic carbocycles. The predicted octanol–water partition coefficient (Wildman–Crippen LogP) is 5.57. The van der Waals surface area contributed by atoms with E-state index in [4.69, 9.17) is 0 Å². The highest BCUT2D eigenvalue weighted by Crippen LogP contribution is 2.49. The summed E-state index contributed by atoms with van der Waals surface area (Å²) < 4.78 is 41.2. The largest absolute Gasteiger partial charge is 0.508 e. The molecule has 0 radical (unpaired) electrons. The lowest BCUT2D eigenvalue weighted by Crippen LogP contribution is -2.44. The Morgan fingerprint density at radius 1 is 1.00 bits per heavy atom. The Morgan fingerprint density at radius 2 is 1.65 bits per heavy atom. The number of hydrogen-bond acceptors (Lipinski definition) is 3. The van der Waals surface area contributed by atoms with Crippen LogP contribution in [0.4, 0.5) is 18.9 Å². The van der Waals surface area contributed by atoms with Crippen molar-refractivity contribution >= 4 is 17.4 Å². The zero-order valence-corrected chi connectivity index (χ0v) is 17.2. The van der Waals surface area contributed by atoms with Gasteiger partial charge in [-0.25, -0.2) is 0 Å². The lowest BCUT2D eigenvalue weighted by atomic mass is 9.69. The van der Waals surface area contributed by atoms with Gasteiger partial charge >= 0.3 is 6.18 Å². The Labute approximate surface area is 178 Å². The highest BCUT2D eigenvalue weighted by molar-refractivity contribution is 6.08. The smallest absolute Gasteiger partial charge is 0.418 e. The van der Waals surface area contributed by atoms with Crippen LogP contribution in [0.5, 0.6) is 5.75 Å². The first-order chi connectivity index (χ1) is 14.5. The molecule has 1 heterocycles. The summed E-state index contributed by atoms with van der Waals surface area (Å²) in [5.41, 5.74) is -0.237. The standard InChI is InChI=1S/C24H22F3NO3/c1-23(2)12-19-22(20(30)13-23)16(14-7-9-15(29)10-8-14)11-21(31)28(19)18-6-4-3-5-17(18)24(25,26)27/h3-10,16,29H,11-13H2,1-2H3. The molecule has 0 fully saturated rings. The van der Waals surface area contributed by atoms with Crippen LogP contribution in [0.15, 0.2) is 59.8 Å². The van der Waals surface area contributed by atoms with Gasteiger partial charge in [-0.3, -0.25) is 14.5 Å². The lowest BCUT2D eigenvalue weighted by Gasteiger charge is -2.43. The summed E-state index contributed by atoms with van der Waals surface area (Å²) in [4.78, 5) is 27.6. The van der Waals surface area contributed by atoms with Gasteiger partial charge in [0.05, 0.1) is 11.3 Å². The molecule has 0 saturated heterocycles. The van der Waals surface area contributed by atoms with Crippen molar-refractivity contribution < 1.29 is 27.9 Å². The third kappa shape index (κ3) is 3.84. The third-order valence-electron chi connectivity index (χ3n) is 5.89. The van der Waals surface area contributed by atoms with Crippen molar-refractivity contribution in [2.45, 2.75) is 45.2 Å². The number of Topliss-reactive ketones (excluding diaryl/α,β-unsaturated/α-hetero) is 1. The van der Waals surface area contributed by atoms with Gasteiger partial charge in [-0.15, -0.1) is 0 Å². The van der Waals surface area contributed by atoms with Crippen molar-refractivity contribution in [3.63, 3.8) is 0 Å². The maximum atomic E-state index is 13.7. The maximum absolute atomic E-state index is 13.7. The molecule has 1 aliphatic heterocycles. The van der Waals surface area contributed by atoms with Crippen LogP contribution >= 0.6 is 0 Å². The molecule has 4 rings (SSSR count). The Kier molecular flexibility index (Phi) is 4.95. The molecule has 1 amide bonds. The fourth-order valence-corrected chi connectivity index (χ4v) is 4.59. The zero-order valence-electron chi connectivity index (χ0n) is 17.2. The van der Waals surface area contributed by atoms with Gasteiger partial charge in [0.15, 0.2) is 5.78 Å². The first-order valence-corrected chi connectivity index (χ1v) is 10.0. The average Bonchev–Trinajstić information content (AvgIpc) is 2.66. The zero-order chi connectivity index (χ0) is 22.6. The van der Waals surface area contributed by atoms with E-state index < -0.39 is 29.0 Å². The topological polar surface area (TPSA) is 57.6 Å². The van der Waals surface area contributed by atoms with E-state index in [2.05, 4.69) is 0 Å². The number of para-hydroxylation sites is 1. The highest BCUT2D eigenvalue weighted by atomic mass is 19.4. The quantitative estimate of drug-likeness (QED) is 0.679. The van der Waals surface area contributed by atoms with Crippen LogP contribution in [0.3, 0.4) is 0 Å². The average molecular weight is 429 g/mol. The minimum absolute atomic E-state index is 0.0527. The number of hydrogen-bond donors (Lipinski definition) is 1. The minimum Gasteiger partial charge on any atom is -0.508 e. The summed E-state index contributed by atoms with van der Waals surface area (Å²) in [5.74, 6) is -1.15. The second-order valence-corrected chi connectivity index (χ2v) is 8.89. The molecule has 1 aliphatic carbocycles. The van der Waals surface area contributed by atoms with E-state index in [0.717, 1.165) is 11.0 Å². The summed E-state index contributed by atoms with van der Waals surface area (Å²) in [6.07, 6.45) is -4.20. The van der Waals surface area contributed by atoms with E-state index >= 15 is 0 Å². The van der Waals surface area contributed by atoms with E-state index in [1.807, 2.05) is 13.8 Å². The second-order valence-electron chi connectivity index (χ2n) is 8.89. The minimum atomic E-state index is -4.64.